The molecule has 2 aromatic rings. The monoisotopic (exact) mass is 423 g/mol. The molecule has 3 N–H and O–H groups in total. The van der Waals surface area contributed by atoms with Gasteiger partial charge in [-0.2, -0.15) is 0 Å². The summed E-state index contributed by atoms with van der Waals surface area (Å²) in [6, 6.07) is 4.20. The second-order valence-electron chi connectivity index (χ2n) is 9.93. The zero-order valence-electron chi connectivity index (χ0n) is 18.5. The van der Waals surface area contributed by atoms with Crippen LogP contribution >= 0.6 is 11.3 Å². The Kier molecular flexibility index (Phi) is 5.86. The van der Waals surface area contributed by atoms with E-state index in [0.717, 1.165) is 34.4 Å². The highest BCUT2D eigenvalue weighted by Gasteiger charge is 2.30. The van der Waals surface area contributed by atoms with Gasteiger partial charge >= 0.3 is 0 Å². The molecule has 160 valence electrons. The summed E-state index contributed by atoms with van der Waals surface area (Å²) in [5.41, 5.74) is 10.1. The van der Waals surface area contributed by atoms with E-state index in [4.69, 9.17) is 10.7 Å². The number of nitrogens with one attached hydrogen (secondary N) is 1. The highest BCUT2D eigenvalue weighted by atomic mass is 32.1. The van der Waals surface area contributed by atoms with E-state index in [1.165, 1.54) is 34.6 Å². The van der Waals surface area contributed by atoms with Gasteiger partial charge in [0.1, 0.15) is 4.83 Å². The largest absolute Gasteiger partial charge is 0.347 e. The van der Waals surface area contributed by atoms with Crippen molar-refractivity contribution in [2.45, 2.75) is 59.4 Å². The number of allylic oxidation sites excluding steroid dienone is 3. The number of thiophene rings is 1. The van der Waals surface area contributed by atoms with Crippen LogP contribution in [0.5, 0.6) is 0 Å². The second-order valence-corrected chi connectivity index (χ2v) is 11.0. The van der Waals surface area contributed by atoms with Gasteiger partial charge in [0.2, 0.25) is 0 Å². The number of carbonyl (C=O) groups is 1. The Morgan fingerprint density at radius 1 is 1.37 bits per heavy atom. The molecule has 4 nitrogen and oxygen atoms in total. The van der Waals surface area contributed by atoms with Crippen molar-refractivity contribution < 1.29 is 4.79 Å². The zero-order valence-corrected chi connectivity index (χ0v) is 19.3. The van der Waals surface area contributed by atoms with Gasteiger partial charge in [-0.1, -0.05) is 44.6 Å². The van der Waals surface area contributed by atoms with E-state index in [2.05, 4.69) is 57.3 Å². The third kappa shape index (κ3) is 4.37. The van der Waals surface area contributed by atoms with Gasteiger partial charge in [0.05, 0.1) is 4.88 Å². The number of rotatable bonds is 4. The lowest BCUT2D eigenvalue weighted by molar-refractivity contribution is 0.0933. The van der Waals surface area contributed by atoms with Gasteiger partial charge in [-0.25, -0.2) is 4.98 Å². The number of nitrogens with two attached hydrogens (primary N) is 1. The Morgan fingerprint density at radius 3 is 2.83 bits per heavy atom. The number of amides is 1. The molecule has 0 fully saturated rings. The third-order valence-corrected chi connectivity index (χ3v) is 7.77. The van der Waals surface area contributed by atoms with Crippen LogP contribution in [0, 0.1) is 17.3 Å². The second kappa shape index (κ2) is 8.27. The molecule has 0 aliphatic heterocycles. The van der Waals surface area contributed by atoms with Crippen LogP contribution in [0.4, 0.5) is 0 Å². The lowest BCUT2D eigenvalue weighted by Gasteiger charge is -2.34. The van der Waals surface area contributed by atoms with Crippen molar-refractivity contribution in [2.75, 3.05) is 6.54 Å². The predicted octanol–water partition coefficient (Wildman–Crippen LogP) is 5.03. The zero-order chi connectivity index (χ0) is 21.5. The first kappa shape index (κ1) is 21.3. The minimum absolute atomic E-state index is 0.0429. The summed E-state index contributed by atoms with van der Waals surface area (Å²) in [6.45, 7) is 9.51. The molecule has 30 heavy (non-hydrogen) atoms. The lowest BCUT2D eigenvalue weighted by Crippen LogP contribution is -2.44. The fraction of sp³-hybridized carbons (Fsp3) is 0.520. The summed E-state index contributed by atoms with van der Waals surface area (Å²) >= 11 is 1.49. The highest BCUT2D eigenvalue weighted by molar-refractivity contribution is 7.20. The SMILES string of the molecule is CC1=CCC([C@@H](CN)NC(=O)c2cc3cc4c(nc3s2)CCC(C(C)(C)C)C4)C=C1. The summed E-state index contributed by atoms with van der Waals surface area (Å²) < 4.78 is 0. The molecule has 5 heteroatoms. The molecule has 4 rings (SSSR count). The van der Waals surface area contributed by atoms with Crippen LogP contribution in [0.25, 0.3) is 10.2 Å². The molecular weight excluding hydrogens is 390 g/mol. The fourth-order valence-electron chi connectivity index (χ4n) is 4.60. The van der Waals surface area contributed by atoms with E-state index >= 15 is 0 Å². The average Bonchev–Trinajstić information content (AvgIpc) is 3.12. The van der Waals surface area contributed by atoms with Gasteiger partial charge in [0, 0.05) is 29.6 Å². The average molecular weight is 424 g/mol. The molecule has 0 bridgehead atoms. The van der Waals surface area contributed by atoms with Crippen LogP contribution in [0.3, 0.4) is 0 Å². The highest BCUT2D eigenvalue weighted by Crippen LogP contribution is 2.38. The first-order valence-corrected chi connectivity index (χ1v) is 11.8. The maximum atomic E-state index is 13.0. The van der Waals surface area contributed by atoms with E-state index in [9.17, 15) is 4.79 Å². The molecule has 0 saturated heterocycles. The molecule has 0 radical (unpaired) electrons. The molecule has 2 heterocycles. The van der Waals surface area contributed by atoms with Crippen LogP contribution in [0.2, 0.25) is 0 Å². The van der Waals surface area contributed by atoms with Gasteiger partial charge in [0.15, 0.2) is 0 Å². The number of pyridine rings is 1. The quantitative estimate of drug-likeness (QED) is 0.725. The maximum Gasteiger partial charge on any atom is 0.261 e. The Labute approximate surface area is 183 Å². The molecule has 2 unspecified atom stereocenters. The van der Waals surface area contributed by atoms with Gasteiger partial charge in [-0.3, -0.25) is 4.79 Å². The molecule has 0 spiro atoms. The molecule has 2 aliphatic rings. The van der Waals surface area contributed by atoms with Gasteiger partial charge in [-0.15, -0.1) is 11.3 Å². The van der Waals surface area contributed by atoms with Crippen LogP contribution in [0.15, 0.2) is 35.9 Å². The van der Waals surface area contributed by atoms with E-state index in [1.54, 1.807) is 0 Å². The van der Waals surface area contributed by atoms with Gasteiger partial charge in [-0.05, 0) is 61.6 Å². The number of hydrogen-bond donors (Lipinski definition) is 2. The Morgan fingerprint density at radius 2 is 2.17 bits per heavy atom. The summed E-state index contributed by atoms with van der Waals surface area (Å²) in [4.78, 5) is 19.6. The summed E-state index contributed by atoms with van der Waals surface area (Å²) in [7, 11) is 0. The van der Waals surface area contributed by atoms with Crippen LogP contribution in [0.1, 0.15) is 61.5 Å². The van der Waals surface area contributed by atoms with Crippen molar-refractivity contribution in [3.63, 3.8) is 0 Å². The topological polar surface area (TPSA) is 68.0 Å². The Hall–Kier alpha value is -1.98. The van der Waals surface area contributed by atoms with Crippen molar-refractivity contribution in [1.29, 1.82) is 0 Å². The summed E-state index contributed by atoms with van der Waals surface area (Å²) in [6.07, 6.45) is 10.7. The summed E-state index contributed by atoms with van der Waals surface area (Å²) in [5, 5.41) is 4.25. The molecule has 2 aromatic heterocycles. The molecule has 0 aromatic carbocycles. The summed E-state index contributed by atoms with van der Waals surface area (Å²) in [5.74, 6) is 0.882. The fourth-order valence-corrected chi connectivity index (χ4v) is 5.53. The number of nitrogens with zero attached hydrogens (tertiary/aromatic N) is 1. The van der Waals surface area contributed by atoms with E-state index in [-0.39, 0.29) is 17.9 Å². The molecule has 2 aliphatic carbocycles. The van der Waals surface area contributed by atoms with Crippen molar-refractivity contribution in [3.05, 3.63) is 52.1 Å². The van der Waals surface area contributed by atoms with Crippen LogP contribution < -0.4 is 11.1 Å². The Bertz CT molecular complexity index is 1010. The van der Waals surface area contributed by atoms with Crippen molar-refractivity contribution in [1.82, 2.24) is 10.3 Å². The van der Waals surface area contributed by atoms with Gasteiger partial charge in [0.25, 0.3) is 5.91 Å². The van der Waals surface area contributed by atoms with Crippen LogP contribution in [-0.2, 0) is 12.8 Å². The number of aromatic nitrogens is 1. The minimum atomic E-state index is -0.0583. The normalized spacial score (nSPS) is 22.5. The van der Waals surface area contributed by atoms with E-state index < -0.39 is 0 Å². The van der Waals surface area contributed by atoms with Crippen molar-refractivity contribution in [3.8, 4) is 0 Å². The minimum Gasteiger partial charge on any atom is -0.347 e. The molecule has 0 saturated carbocycles. The van der Waals surface area contributed by atoms with E-state index in [1.807, 2.05) is 6.07 Å². The molecule has 1 amide bonds. The Balaban J connectivity index is 1.52. The first-order chi connectivity index (χ1) is 14.2. The predicted molar refractivity (Wildman–Crippen MR) is 126 cm³/mol. The first-order valence-electron chi connectivity index (χ1n) is 11.0. The molecular formula is C25H33N3OS. The smallest absolute Gasteiger partial charge is 0.261 e. The number of hydrogen-bond acceptors (Lipinski definition) is 4. The lowest BCUT2D eigenvalue weighted by atomic mass is 9.71. The molecule has 3 atom stereocenters. The number of carbonyl (C=O) groups excluding carboxylic acids is 1. The van der Waals surface area contributed by atoms with Gasteiger partial charge < -0.3 is 11.1 Å². The number of fused-ring (bicyclic) bond motifs is 2. The van der Waals surface area contributed by atoms with Crippen LogP contribution in [-0.4, -0.2) is 23.5 Å². The maximum absolute atomic E-state index is 13.0. The van der Waals surface area contributed by atoms with Crippen molar-refractivity contribution in [2.24, 2.45) is 23.0 Å². The van der Waals surface area contributed by atoms with E-state index in [0.29, 0.717) is 17.9 Å². The number of aryl methyl sites for hydroxylation is 1. The van der Waals surface area contributed by atoms with Crippen molar-refractivity contribution >= 4 is 27.5 Å². The standard InChI is InChI=1S/C25H33N3OS/c1-15-5-7-16(8-6-15)21(14-26)27-23(29)22-13-18-11-17-12-19(25(2,3)4)9-10-20(17)28-24(18)30-22/h5-7,11,13,16,19,21H,8-10,12,14,26H2,1-4H3,(H,27,29)/t16?,19?,21-/m1/s1. The third-order valence-electron chi connectivity index (χ3n) is 6.73.